The van der Waals surface area contributed by atoms with E-state index >= 15 is 0 Å². The summed E-state index contributed by atoms with van der Waals surface area (Å²) in [5, 5.41) is 12.6. The van der Waals surface area contributed by atoms with Crippen LogP contribution in [0, 0.1) is 11.3 Å². The fourth-order valence-electron chi connectivity index (χ4n) is 3.53. The lowest BCUT2D eigenvalue weighted by Gasteiger charge is -2.15. The predicted molar refractivity (Wildman–Crippen MR) is 134 cm³/mol. The third kappa shape index (κ3) is 4.80. The van der Waals surface area contributed by atoms with Crippen LogP contribution in [0.3, 0.4) is 0 Å². The molecule has 4 rings (SSSR count). The average molecular weight is 505 g/mol. The second-order valence-corrected chi connectivity index (χ2v) is 8.43. The number of rotatable bonds is 6. The molecule has 4 aromatic carbocycles. The molecule has 0 saturated carbocycles. The lowest BCUT2D eigenvalue weighted by atomic mass is 10.0. The molecule has 0 aliphatic heterocycles. The van der Waals surface area contributed by atoms with E-state index in [4.69, 9.17) is 21.1 Å². The SMILES string of the molecule is COc1cc(/C=C(/C#N)c2cccc(Cl)c2)cc(Br)c1OCc1cccc2ccccc12. The van der Waals surface area contributed by atoms with Crippen molar-refractivity contribution in [3.63, 3.8) is 0 Å². The van der Waals surface area contributed by atoms with Gasteiger partial charge in [0.1, 0.15) is 6.61 Å². The minimum absolute atomic E-state index is 0.400. The number of nitrogens with zero attached hydrogens (tertiary/aromatic N) is 1. The first kappa shape index (κ1) is 22.0. The Morgan fingerprint density at radius 3 is 2.59 bits per heavy atom. The maximum absolute atomic E-state index is 9.65. The van der Waals surface area contributed by atoms with Gasteiger partial charge in [-0.15, -0.1) is 0 Å². The molecule has 0 N–H and O–H groups in total. The third-order valence-corrected chi connectivity index (χ3v) is 5.89. The summed E-state index contributed by atoms with van der Waals surface area (Å²) in [5.41, 5.74) is 3.16. The fraction of sp³-hybridized carbons (Fsp3) is 0.0741. The minimum Gasteiger partial charge on any atom is -0.493 e. The number of benzene rings is 4. The Hall–Kier alpha value is -3.26. The Bertz CT molecular complexity index is 1350. The molecule has 0 radical (unpaired) electrons. The molecule has 0 aliphatic rings. The van der Waals surface area contributed by atoms with Gasteiger partial charge >= 0.3 is 0 Å². The highest BCUT2D eigenvalue weighted by Gasteiger charge is 2.13. The van der Waals surface area contributed by atoms with Crippen LogP contribution in [0.1, 0.15) is 16.7 Å². The van der Waals surface area contributed by atoms with Gasteiger partial charge in [0.25, 0.3) is 0 Å². The smallest absolute Gasteiger partial charge is 0.175 e. The topological polar surface area (TPSA) is 42.2 Å². The predicted octanol–water partition coefficient (Wildman–Crippen LogP) is 7.91. The Kier molecular flexibility index (Phi) is 6.80. The monoisotopic (exact) mass is 503 g/mol. The number of halogens is 2. The number of hydrogen-bond donors (Lipinski definition) is 0. The Morgan fingerprint density at radius 1 is 1.03 bits per heavy atom. The van der Waals surface area contributed by atoms with Crippen molar-refractivity contribution >= 4 is 50.0 Å². The molecule has 4 aromatic rings. The zero-order valence-corrected chi connectivity index (χ0v) is 19.7. The molecule has 0 aromatic heterocycles. The molecule has 0 amide bonds. The van der Waals surface area contributed by atoms with Gasteiger partial charge in [0.05, 0.1) is 23.2 Å². The van der Waals surface area contributed by atoms with Crippen molar-refractivity contribution < 1.29 is 9.47 Å². The summed E-state index contributed by atoms with van der Waals surface area (Å²) in [4.78, 5) is 0. The van der Waals surface area contributed by atoms with Crippen LogP contribution in [0.2, 0.25) is 5.02 Å². The van der Waals surface area contributed by atoms with Crippen molar-refractivity contribution in [2.75, 3.05) is 7.11 Å². The molecular weight excluding hydrogens is 486 g/mol. The van der Waals surface area contributed by atoms with Crippen LogP contribution in [0.25, 0.3) is 22.4 Å². The summed E-state index contributed by atoms with van der Waals surface area (Å²) in [6.07, 6.45) is 1.80. The molecule has 32 heavy (non-hydrogen) atoms. The zero-order chi connectivity index (χ0) is 22.5. The molecule has 0 bridgehead atoms. The lowest BCUT2D eigenvalue weighted by Crippen LogP contribution is -2.00. The van der Waals surface area contributed by atoms with Crippen molar-refractivity contribution in [2.24, 2.45) is 0 Å². The van der Waals surface area contributed by atoms with Gasteiger partial charge in [0.2, 0.25) is 0 Å². The van der Waals surface area contributed by atoms with E-state index in [2.05, 4.69) is 46.3 Å². The largest absolute Gasteiger partial charge is 0.493 e. The van der Waals surface area contributed by atoms with Crippen LogP contribution in [-0.4, -0.2) is 7.11 Å². The van der Waals surface area contributed by atoms with E-state index in [0.717, 1.165) is 26.5 Å². The number of nitriles is 1. The highest BCUT2D eigenvalue weighted by Crippen LogP contribution is 2.38. The Balaban J connectivity index is 1.64. The molecule has 0 aliphatic carbocycles. The van der Waals surface area contributed by atoms with E-state index in [-0.39, 0.29) is 0 Å². The van der Waals surface area contributed by atoms with E-state index in [0.29, 0.717) is 28.7 Å². The summed E-state index contributed by atoms with van der Waals surface area (Å²) in [5.74, 6) is 1.19. The summed E-state index contributed by atoms with van der Waals surface area (Å²) < 4.78 is 12.5. The molecule has 0 atom stereocenters. The molecular formula is C27H19BrClNO2. The molecule has 3 nitrogen and oxygen atoms in total. The fourth-order valence-corrected chi connectivity index (χ4v) is 4.30. The van der Waals surface area contributed by atoms with Crippen molar-refractivity contribution in [3.8, 4) is 17.6 Å². The lowest BCUT2D eigenvalue weighted by molar-refractivity contribution is 0.283. The second kappa shape index (κ2) is 9.91. The van der Waals surface area contributed by atoms with Crippen LogP contribution < -0.4 is 9.47 Å². The molecule has 5 heteroatoms. The van der Waals surface area contributed by atoms with Crippen molar-refractivity contribution in [1.82, 2.24) is 0 Å². The van der Waals surface area contributed by atoms with Crippen molar-refractivity contribution in [3.05, 3.63) is 105 Å². The highest BCUT2D eigenvalue weighted by atomic mass is 79.9. The summed E-state index contributed by atoms with van der Waals surface area (Å²) in [7, 11) is 1.60. The Labute approximate surface area is 200 Å². The molecule has 158 valence electrons. The van der Waals surface area contributed by atoms with E-state index in [1.807, 2.05) is 42.5 Å². The number of fused-ring (bicyclic) bond motifs is 1. The van der Waals surface area contributed by atoms with Gasteiger partial charge in [0, 0.05) is 5.02 Å². The number of allylic oxidation sites excluding steroid dienone is 1. The molecule has 0 saturated heterocycles. The van der Waals surface area contributed by atoms with Gasteiger partial charge in [0.15, 0.2) is 11.5 Å². The number of hydrogen-bond acceptors (Lipinski definition) is 3. The van der Waals surface area contributed by atoms with Gasteiger partial charge in [-0.2, -0.15) is 5.26 Å². The normalized spacial score (nSPS) is 11.2. The maximum Gasteiger partial charge on any atom is 0.175 e. The standard InChI is InChI=1S/C27H19BrClNO2/c1-31-26-14-18(12-22(16-30)20-8-5-10-23(29)15-20)13-25(28)27(26)32-17-21-9-4-7-19-6-2-3-11-24(19)21/h2-15H,17H2,1H3/b22-12-. The first-order valence-corrected chi connectivity index (χ1v) is 11.1. The summed E-state index contributed by atoms with van der Waals surface area (Å²) in [6.45, 7) is 0.400. The van der Waals surface area contributed by atoms with E-state index in [1.165, 1.54) is 5.39 Å². The van der Waals surface area contributed by atoms with Gasteiger partial charge in [-0.3, -0.25) is 0 Å². The van der Waals surface area contributed by atoms with Gasteiger partial charge in [-0.05, 0) is 73.7 Å². The average Bonchev–Trinajstić information content (AvgIpc) is 2.81. The zero-order valence-electron chi connectivity index (χ0n) is 17.3. The van der Waals surface area contributed by atoms with Crippen molar-refractivity contribution in [1.29, 1.82) is 5.26 Å². The van der Waals surface area contributed by atoms with Crippen LogP contribution in [0.15, 0.2) is 83.3 Å². The third-order valence-electron chi connectivity index (χ3n) is 5.07. The van der Waals surface area contributed by atoms with Gasteiger partial charge in [-0.1, -0.05) is 66.2 Å². The van der Waals surface area contributed by atoms with Gasteiger partial charge < -0.3 is 9.47 Å². The first-order valence-electron chi connectivity index (χ1n) is 9.94. The maximum atomic E-state index is 9.65. The molecule has 0 unspecified atom stereocenters. The van der Waals surface area contributed by atoms with E-state index in [1.54, 1.807) is 25.3 Å². The van der Waals surface area contributed by atoms with Crippen LogP contribution in [0.5, 0.6) is 11.5 Å². The number of methoxy groups -OCH3 is 1. The van der Waals surface area contributed by atoms with E-state index < -0.39 is 0 Å². The summed E-state index contributed by atoms with van der Waals surface area (Å²) >= 11 is 9.69. The second-order valence-electron chi connectivity index (χ2n) is 7.14. The van der Waals surface area contributed by atoms with Crippen LogP contribution in [0.4, 0.5) is 0 Å². The highest BCUT2D eigenvalue weighted by molar-refractivity contribution is 9.10. The summed E-state index contributed by atoms with van der Waals surface area (Å²) in [6, 6.07) is 27.6. The van der Waals surface area contributed by atoms with Crippen LogP contribution in [-0.2, 0) is 6.61 Å². The number of ether oxygens (including phenoxy) is 2. The molecule has 0 fully saturated rings. The van der Waals surface area contributed by atoms with Gasteiger partial charge in [-0.25, -0.2) is 0 Å². The van der Waals surface area contributed by atoms with Crippen LogP contribution >= 0.6 is 27.5 Å². The Morgan fingerprint density at radius 2 is 1.81 bits per heavy atom. The minimum atomic E-state index is 0.400. The van der Waals surface area contributed by atoms with E-state index in [9.17, 15) is 5.26 Å². The van der Waals surface area contributed by atoms with Crippen molar-refractivity contribution in [2.45, 2.75) is 6.61 Å². The first-order chi connectivity index (χ1) is 15.6. The quantitative estimate of drug-likeness (QED) is 0.198. The molecule has 0 heterocycles. The molecule has 0 spiro atoms.